The number of benzene rings is 2. The number of nitrogens with zero attached hydrogens (tertiary/aromatic N) is 2. The molecule has 0 bridgehead atoms. The molecule has 2 aromatic carbocycles. The summed E-state index contributed by atoms with van der Waals surface area (Å²) < 4.78 is 17.1. The Hall–Kier alpha value is -3.91. The van der Waals surface area contributed by atoms with Gasteiger partial charge in [-0.3, -0.25) is 0 Å². The zero-order chi connectivity index (χ0) is 23.5. The molecule has 174 valence electrons. The molecule has 0 unspecified atom stereocenters. The number of fused-ring (bicyclic) bond motifs is 1. The van der Waals surface area contributed by atoms with Crippen molar-refractivity contribution in [2.24, 2.45) is 0 Å². The average molecular weight is 460 g/mol. The molecule has 2 heterocycles. The van der Waals surface area contributed by atoms with Crippen molar-refractivity contribution >= 4 is 22.9 Å². The van der Waals surface area contributed by atoms with Crippen LogP contribution in [0.25, 0.3) is 33.6 Å². The summed E-state index contributed by atoms with van der Waals surface area (Å²) in [7, 11) is 1.64. The standard InChI is InChI=1S/C26H25N3O5/c1-32-19-10-7-16(8-11-19)22-23-25(29-18-9-12-20(13-18)33-14-21(30)31)27-15-28-26(23)34-24(22)17-5-3-2-4-6-17/h2-8,10-11,15,18,20H,9,12-14H2,1H3,(H,30,31)(H,27,28,29)/t18-,20-/m0/s1. The van der Waals surface area contributed by atoms with E-state index in [4.69, 9.17) is 19.0 Å². The molecule has 2 atom stereocenters. The molecule has 0 amide bonds. The van der Waals surface area contributed by atoms with Crippen molar-refractivity contribution in [1.29, 1.82) is 0 Å². The Morgan fingerprint density at radius 2 is 1.88 bits per heavy atom. The fraction of sp³-hybridized carbons (Fsp3) is 0.269. The molecule has 4 aromatic rings. The lowest BCUT2D eigenvalue weighted by Crippen LogP contribution is -2.20. The van der Waals surface area contributed by atoms with Gasteiger partial charge in [0.2, 0.25) is 5.71 Å². The summed E-state index contributed by atoms with van der Waals surface area (Å²) in [5.74, 6) is 1.22. The van der Waals surface area contributed by atoms with Gasteiger partial charge in [-0.1, -0.05) is 42.5 Å². The predicted octanol–water partition coefficient (Wildman–Crippen LogP) is 5.00. The summed E-state index contributed by atoms with van der Waals surface area (Å²) in [6.45, 7) is -0.279. The Bertz CT molecular complexity index is 1290. The zero-order valence-electron chi connectivity index (χ0n) is 18.7. The maximum Gasteiger partial charge on any atom is 0.329 e. The smallest absolute Gasteiger partial charge is 0.329 e. The number of carboxylic acid groups (broad SMARTS) is 1. The fourth-order valence-corrected chi connectivity index (χ4v) is 4.47. The van der Waals surface area contributed by atoms with E-state index >= 15 is 0 Å². The van der Waals surface area contributed by atoms with Gasteiger partial charge in [-0.15, -0.1) is 0 Å². The van der Waals surface area contributed by atoms with Crippen molar-refractivity contribution in [2.75, 3.05) is 19.0 Å². The van der Waals surface area contributed by atoms with E-state index in [2.05, 4.69) is 15.3 Å². The molecule has 0 spiro atoms. The van der Waals surface area contributed by atoms with Crippen molar-refractivity contribution < 1.29 is 23.8 Å². The third-order valence-corrected chi connectivity index (χ3v) is 6.07. The van der Waals surface area contributed by atoms with E-state index in [1.54, 1.807) is 7.11 Å². The summed E-state index contributed by atoms with van der Waals surface area (Å²) in [5, 5.41) is 13.2. The summed E-state index contributed by atoms with van der Waals surface area (Å²) in [4.78, 5) is 19.8. The van der Waals surface area contributed by atoms with Crippen molar-refractivity contribution in [1.82, 2.24) is 9.97 Å². The van der Waals surface area contributed by atoms with Gasteiger partial charge in [0.15, 0.2) is 0 Å². The van der Waals surface area contributed by atoms with Crippen LogP contribution in [0.2, 0.25) is 0 Å². The van der Waals surface area contributed by atoms with Crippen molar-refractivity contribution in [3.8, 4) is 28.2 Å². The van der Waals surface area contributed by atoms with E-state index in [9.17, 15) is 4.79 Å². The van der Waals surface area contributed by atoms with Crippen LogP contribution in [0, 0.1) is 0 Å². The molecule has 1 fully saturated rings. The Kier molecular flexibility index (Phi) is 6.14. The largest absolute Gasteiger partial charge is 0.497 e. The minimum absolute atomic E-state index is 0.0868. The highest BCUT2D eigenvalue weighted by molar-refractivity contribution is 6.05. The molecule has 1 aliphatic rings. The fourth-order valence-electron chi connectivity index (χ4n) is 4.47. The van der Waals surface area contributed by atoms with Crippen LogP contribution in [0.5, 0.6) is 5.75 Å². The van der Waals surface area contributed by atoms with E-state index in [0.29, 0.717) is 18.0 Å². The molecule has 34 heavy (non-hydrogen) atoms. The predicted molar refractivity (Wildman–Crippen MR) is 128 cm³/mol. The number of methoxy groups -OCH3 is 1. The lowest BCUT2D eigenvalue weighted by Gasteiger charge is -2.15. The number of hydrogen-bond acceptors (Lipinski definition) is 7. The molecule has 0 radical (unpaired) electrons. The number of rotatable bonds is 8. The first kappa shape index (κ1) is 21.9. The molecule has 1 aliphatic carbocycles. The van der Waals surface area contributed by atoms with E-state index in [1.165, 1.54) is 6.33 Å². The second-order valence-corrected chi connectivity index (χ2v) is 8.28. The van der Waals surface area contributed by atoms with Crippen LogP contribution in [-0.4, -0.2) is 46.9 Å². The molecule has 2 aromatic heterocycles. The van der Waals surface area contributed by atoms with Gasteiger partial charge in [0.1, 0.15) is 30.3 Å². The van der Waals surface area contributed by atoms with Crippen LogP contribution in [0.15, 0.2) is 65.3 Å². The minimum atomic E-state index is -0.954. The SMILES string of the molecule is COc1ccc(-c2c(-c3ccccc3)oc3ncnc(N[C@H]4CC[C@H](OCC(=O)O)C4)c23)cc1. The number of carbonyl (C=O) groups is 1. The Labute approximate surface area is 196 Å². The number of ether oxygens (including phenoxy) is 2. The van der Waals surface area contributed by atoms with Gasteiger partial charge in [0.05, 0.1) is 18.6 Å². The van der Waals surface area contributed by atoms with E-state index in [0.717, 1.165) is 46.4 Å². The van der Waals surface area contributed by atoms with Gasteiger partial charge < -0.3 is 24.3 Å². The van der Waals surface area contributed by atoms with Crippen LogP contribution >= 0.6 is 0 Å². The van der Waals surface area contributed by atoms with Gasteiger partial charge in [-0.25, -0.2) is 14.8 Å². The lowest BCUT2D eigenvalue weighted by atomic mass is 9.99. The van der Waals surface area contributed by atoms with E-state index in [1.807, 2.05) is 54.6 Å². The van der Waals surface area contributed by atoms with E-state index < -0.39 is 5.97 Å². The van der Waals surface area contributed by atoms with Gasteiger partial charge in [0.25, 0.3) is 0 Å². The number of carboxylic acids is 1. The van der Waals surface area contributed by atoms with E-state index in [-0.39, 0.29) is 18.8 Å². The minimum Gasteiger partial charge on any atom is -0.497 e. The molecular formula is C26H25N3O5. The Morgan fingerprint density at radius 1 is 1.09 bits per heavy atom. The number of anilines is 1. The zero-order valence-corrected chi connectivity index (χ0v) is 18.7. The summed E-state index contributed by atoms with van der Waals surface area (Å²) >= 11 is 0. The number of aromatic nitrogens is 2. The van der Waals surface area contributed by atoms with Crippen LogP contribution in [0.1, 0.15) is 19.3 Å². The van der Waals surface area contributed by atoms with Crippen molar-refractivity contribution in [3.05, 3.63) is 60.9 Å². The van der Waals surface area contributed by atoms with Gasteiger partial charge >= 0.3 is 5.97 Å². The number of furan rings is 1. The van der Waals surface area contributed by atoms with Crippen LogP contribution in [0.4, 0.5) is 5.82 Å². The molecule has 1 saturated carbocycles. The quantitative estimate of drug-likeness (QED) is 0.379. The number of hydrogen-bond donors (Lipinski definition) is 2. The topological polar surface area (TPSA) is 107 Å². The molecule has 2 N–H and O–H groups in total. The lowest BCUT2D eigenvalue weighted by molar-refractivity contribution is -0.144. The Balaban J connectivity index is 1.55. The monoisotopic (exact) mass is 459 g/mol. The first-order valence-corrected chi connectivity index (χ1v) is 11.2. The average Bonchev–Trinajstić information content (AvgIpc) is 3.48. The molecule has 5 rings (SSSR count). The molecule has 8 heteroatoms. The summed E-state index contributed by atoms with van der Waals surface area (Å²) in [6.07, 6.45) is 3.77. The van der Waals surface area contributed by atoms with Crippen LogP contribution in [-0.2, 0) is 9.53 Å². The Morgan fingerprint density at radius 3 is 2.62 bits per heavy atom. The highest BCUT2D eigenvalue weighted by atomic mass is 16.5. The third-order valence-electron chi connectivity index (χ3n) is 6.07. The molecule has 8 nitrogen and oxygen atoms in total. The maximum absolute atomic E-state index is 10.8. The van der Waals surface area contributed by atoms with Gasteiger partial charge in [0, 0.05) is 17.2 Å². The molecule has 0 saturated heterocycles. The van der Waals surface area contributed by atoms with Crippen molar-refractivity contribution in [2.45, 2.75) is 31.4 Å². The first-order chi connectivity index (χ1) is 16.6. The third kappa shape index (κ3) is 4.45. The van der Waals surface area contributed by atoms with Crippen LogP contribution < -0.4 is 10.1 Å². The summed E-state index contributed by atoms with van der Waals surface area (Å²) in [5.41, 5.74) is 3.31. The maximum atomic E-state index is 10.8. The van der Waals surface area contributed by atoms with Crippen LogP contribution in [0.3, 0.4) is 0 Å². The summed E-state index contributed by atoms with van der Waals surface area (Å²) in [6, 6.07) is 17.9. The van der Waals surface area contributed by atoms with Gasteiger partial charge in [-0.2, -0.15) is 0 Å². The second-order valence-electron chi connectivity index (χ2n) is 8.28. The molecule has 0 aliphatic heterocycles. The molecular weight excluding hydrogens is 434 g/mol. The van der Waals surface area contributed by atoms with Crippen molar-refractivity contribution in [3.63, 3.8) is 0 Å². The second kappa shape index (κ2) is 9.52. The first-order valence-electron chi connectivity index (χ1n) is 11.2. The number of aliphatic carboxylic acids is 1. The van der Waals surface area contributed by atoms with Gasteiger partial charge in [-0.05, 0) is 37.0 Å². The normalized spacial score (nSPS) is 17.7. The number of nitrogens with one attached hydrogen (secondary N) is 1. The highest BCUT2D eigenvalue weighted by Crippen LogP contribution is 2.43. The highest BCUT2D eigenvalue weighted by Gasteiger charge is 2.28.